The highest BCUT2D eigenvalue weighted by atomic mass is 19.1. The number of carbonyl (C=O) groups is 1. The van der Waals surface area contributed by atoms with Gasteiger partial charge in [0.05, 0.1) is 11.5 Å². The summed E-state index contributed by atoms with van der Waals surface area (Å²) in [6.07, 6.45) is 5.58. The third kappa shape index (κ3) is 5.27. The number of hydrogen-bond donors (Lipinski definition) is 1. The number of likely N-dealkylation sites (tertiary alicyclic amines) is 1. The van der Waals surface area contributed by atoms with Crippen LogP contribution in [-0.2, 0) is 17.8 Å². The zero-order valence-electron chi connectivity index (χ0n) is 18.4. The fraction of sp³-hybridized carbons (Fsp3) is 0.500. The van der Waals surface area contributed by atoms with E-state index in [9.17, 15) is 9.18 Å². The van der Waals surface area contributed by atoms with Gasteiger partial charge in [-0.05, 0) is 69.8 Å². The Hall–Kier alpha value is -2.40. The zero-order valence-corrected chi connectivity index (χ0v) is 18.4. The lowest BCUT2D eigenvalue weighted by atomic mass is 9.73. The van der Waals surface area contributed by atoms with Crippen molar-refractivity contribution in [2.24, 2.45) is 5.41 Å². The summed E-state index contributed by atoms with van der Waals surface area (Å²) in [7, 11) is 0. The van der Waals surface area contributed by atoms with E-state index < -0.39 is 0 Å². The van der Waals surface area contributed by atoms with Gasteiger partial charge in [0, 0.05) is 12.1 Å². The van der Waals surface area contributed by atoms with Crippen molar-refractivity contribution in [1.29, 1.82) is 0 Å². The van der Waals surface area contributed by atoms with Crippen LogP contribution in [0.5, 0.6) is 5.75 Å². The van der Waals surface area contributed by atoms with Crippen molar-refractivity contribution in [3.8, 4) is 5.75 Å². The summed E-state index contributed by atoms with van der Waals surface area (Å²) in [6, 6.07) is 15.1. The van der Waals surface area contributed by atoms with Crippen LogP contribution < -0.4 is 10.1 Å². The Balaban J connectivity index is 1.43. The van der Waals surface area contributed by atoms with Crippen LogP contribution >= 0.6 is 0 Å². The van der Waals surface area contributed by atoms with Crippen molar-refractivity contribution in [1.82, 2.24) is 10.2 Å². The second-order valence-corrected chi connectivity index (χ2v) is 9.15. The third-order valence-corrected chi connectivity index (χ3v) is 6.84. The fourth-order valence-corrected chi connectivity index (χ4v) is 4.86. The van der Waals surface area contributed by atoms with Crippen molar-refractivity contribution in [2.45, 2.75) is 58.0 Å². The Morgan fingerprint density at radius 1 is 1.06 bits per heavy atom. The molecule has 4 nitrogen and oxygen atoms in total. The van der Waals surface area contributed by atoms with E-state index in [0.29, 0.717) is 13.2 Å². The van der Waals surface area contributed by atoms with Crippen molar-refractivity contribution >= 4 is 5.91 Å². The summed E-state index contributed by atoms with van der Waals surface area (Å²) in [5, 5.41) is 3.22. The zero-order chi connectivity index (χ0) is 21.7. The minimum atomic E-state index is -0.335. The second-order valence-electron chi connectivity index (χ2n) is 9.15. The van der Waals surface area contributed by atoms with E-state index >= 15 is 0 Å². The van der Waals surface area contributed by atoms with E-state index in [4.69, 9.17) is 4.74 Å². The SMILES string of the molecule is C[C@H]1COc2ccccc2CCCCC2(CCN(Cc3ccccc3F)CC2)C(=O)N1. The minimum absolute atomic E-state index is 0.0479. The molecule has 1 spiro atoms. The van der Waals surface area contributed by atoms with Gasteiger partial charge in [-0.1, -0.05) is 42.8 Å². The first kappa shape index (κ1) is 21.8. The number of hydrogen-bond acceptors (Lipinski definition) is 3. The molecule has 2 aromatic rings. The molecule has 0 unspecified atom stereocenters. The molecule has 166 valence electrons. The largest absolute Gasteiger partial charge is 0.491 e. The molecule has 1 amide bonds. The molecule has 0 aliphatic carbocycles. The summed E-state index contributed by atoms with van der Waals surface area (Å²) >= 11 is 0. The molecule has 1 saturated heterocycles. The lowest BCUT2D eigenvalue weighted by Crippen LogP contribution is -2.51. The molecule has 2 aliphatic rings. The summed E-state index contributed by atoms with van der Waals surface area (Å²) in [6.45, 7) is 4.71. The lowest BCUT2D eigenvalue weighted by Gasteiger charge is -2.41. The van der Waals surface area contributed by atoms with Crippen LogP contribution in [0.25, 0.3) is 0 Å². The number of amides is 1. The molecule has 0 radical (unpaired) electrons. The minimum Gasteiger partial charge on any atom is -0.491 e. The van der Waals surface area contributed by atoms with Gasteiger partial charge in [0.25, 0.3) is 0 Å². The lowest BCUT2D eigenvalue weighted by molar-refractivity contribution is -0.135. The van der Waals surface area contributed by atoms with E-state index in [2.05, 4.69) is 22.3 Å². The van der Waals surface area contributed by atoms with Gasteiger partial charge < -0.3 is 10.1 Å². The maximum atomic E-state index is 14.1. The molecule has 2 aliphatic heterocycles. The average Bonchev–Trinajstić information content (AvgIpc) is 2.78. The number of halogens is 1. The van der Waals surface area contributed by atoms with Gasteiger partial charge in [-0.2, -0.15) is 0 Å². The van der Waals surface area contributed by atoms with Crippen molar-refractivity contribution in [2.75, 3.05) is 19.7 Å². The molecule has 5 heteroatoms. The standard InChI is InChI=1S/C26H33FN2O2/c1-20-19-31-24-12-5-3-8-21(24)9-6-7-13-26(25(30)28-20)14-16-29(17-15-26)18-22-10-2-4-11-23(22)27/h2-5,8,10-12,20H,6-7,9,13-19H2,1H3,(H,28,30)/t20-/m0/s1. The molecule has 0 aromatic heterocycles. The van der Waals surface area contributed by atoms with Crippen LogP contribution in [-0.4, -0.2) is 36.5 Å². The number of carbonyl (C=O) groups excluding carboxylic acids is 1. The summed E-state index contributed by atoms with van der Waals surface area (Å²) in [5.41, 5.74) is 1.64. The van der Waals surface area contributed by atoms with Crippen LogP contribution in [0.2, 0.25) is 0 Å². The Kier molecular flexibility index (Phi) is 6.91. The summed E-state index contributed by atoms with van der Waals surface area (Å²) in [5.74, 6) is 0.934. The highest BCUT2D eigenvalue weighted by Crippen LogP contribution is 2.38. The molecule has 1 N–H and O–H groups in total. The van der Waals surface area contributed by atoms with E-state index in [1.807, 2.05) is 31.2 Å². The average molecular weight is 425 g/mol. The molecule has 0 bridgehead atoms. The summed E-state index contributed by atoms with van der Waals surface area (Å²) in [4.78, 5) is 15.6. The third-order valence-electron chi connectivity index (χ3n) is 6.84. The number of piperidine rings is 1. The number of nitrogens with zero attached hydrogens (tertiary/aromatic N) is 1. The maximum absolute atomic E-state index is 14.1. The van der Waals surface area contributed by atoms with Crippen molar-refractivity contribution in [3.63, 3.8) is 0 Å². The van der Waals surface area contributed by atoms with E-state index in [0.717, 1.165) is 62.9 Å². The molecule has 2 aromatic carbocycles. The maximum Gasteiger partial charge on any atom is 0.226 e. The highest BCUT2D eigenvalue weighted by Gasteiger charge is 2.41. The van der Waals surface area contributed by atoms with E-state index in [-0.39, 0.29) is 23.2 Å². The molecule has 2 heterocycles. The second kappa shape index (κ2) is 9.82. The molecular formula is C26H33FN2O2. The number of fused-ring (bicyclic) bond motifs is 1. The summed E-state index contributed by atoms with van der Waals surface area (Å²) < 4.78 is 20.1. The Bertz CT molecular complexity index is 892. The molecule has 1 fully saturated rings. The topological polar surface area (TPSA) is 41.6 Å². The van der Waals surface area contributed by atoms with Crippen LogP contribution in [0, 0.1) is 11.2 Å². The van der Waals surface area contributed by atoms with Gasteiger partial charge in [-0.15, -0.1) is 0 Å². The van der Waals surface area contributed by atoms with E-state index in [1.54, 1.807) is 6.07 Å². The molecule has 0 saturated carbocycles. The van der Waals surface area contributed by atoms with Crippen molar-refractivity contribution < 1.29 is 13.9 Å². The van der Waals surface area contributed by atoms with Gasteiger partial charge in [0.1, 0.15) is 18.2 Å². The Labute approximate surface area is 184 Å². The first-order chi connectivity index (χ1) is 15.1. The quantitative estimate of drug-likeness (QED) is 0.759. The monoisotopic (exact) mass is 424 g/mol. The van der Waals surface area contributed by atoms with Crippen molar-refractivity contribution in [3.05, 3.63) is 65.5 Å². The van der Waals surface area contributed by atoms with Crippen LogP contribution in [0.3, 0.4) is 0 Å². The number of para-hydroxylation sites is 1. The fourth-order valence-electron chi connectivity index (χ4n) is 4.86. The number of ether oxygens (including phenoxy) is 1. The highest BCUT2D eigenvalue weighted by molar-refractivity contribution is 5.83. The van der Waals surface area contributed by atoms with Crippen LogP contribution in [0.4, 0.5) is 4.39 Å². The normalized spacial score (nSPS) is 22.5. The van der Waals surface area contributed by atoms with Gasteiger partial charge in [0.2, 0.25) is 5.91 Å². The first-order valence-corrected chi connectivity index (χ1v) is 11.5. The molecule has 31 heavy (non-hydrogen) atoms. The Morgan fingerprint density at radius 2 is 1.81 bits per heavy atom. The van der Waals surface area contributed by atoms with Crippen LogP contribution in [0.15, 0.2) is 48.5 Å². The van der Waals surface area contributed by atoms with Gasteiger partial charge in [-0.3, -0.25) is 9.69 Å². The van der Waals surface area contributed by atoms with E-state index in [1.165, 1.54) is 11.6 Å². The molecular weight excluding hydrogens is 391 g/mol. The first-order valence-electron chi connectivity index (χ1n) is 11.5. The predicted octanol–water partition coefficient (Wildman–Crippen LogP) is 4.72. The van der Waals surface area contributed by atoms with Gasteiger partial charge in [-0.25, -0.2) is 4.39 Å². The van der Waals surface area contributed by atoms with Gasteiger partial charge >= 0.3 is 0 Å². The van der Waals surface area contributed by atoms with Crippen LogP contribution in [0.1, 0.15) is 50.2 Å². The number of aryl methyl sites for hydroxylation is 1. The molecule has 4 rings (SSSR count). The smallest absolute Gasteiger partial charge is 0.226 e. The molecule has 1 atom stereocenters. The predicted molar refractivity (Wildman–Crippen MR) is 120 cm³/mol. The number of rotatable bonds is 2. The number of benzene rings is 2. The number of nitrogens with one attached hydrogen (secondary N) is 1. The Morgan fingerprint density at radius 3 is 2.61 bits per heavy atom. The van der Waals surface area contributed by atoms with Gasteiger partial charge in [0.15, 0.2) is 0 Å².